The summed E-state index contributed by atoms with van der Waals surface area (Å²) in [5.41, 5.74) is 0.759. The number of carbonyl (C=O) groups is 4. The van der Waals surface area contributed by atoms with E-state index in [1.807, 2.05) is 6.07 Å². The second-order valence-corrected chi connectivity index (χ2v) is 7.62. The second kappa shape index (κ2) is 13.0. The lowest BCUT2D eigenvalue weighted by Crippen LogP contribution is -2.43. The van der Waals surface area contributed by atoms with E-state index in [2.05, 4.69) is 11.4 Å². The summed E-state index contributed by atoms with van der Waals surface area (Å²) >= 11 is 0. The number of hydrogen-bond donors (Lipinski definition) is 3. The number of urea groups is 1. The summed E-state index contributed by atoms with van der Waals surface area (Å²) in [5, 5.41) is 27.0. The van der Waals surface area contributed by atoms with Gasteiger partial charge in [0.05, 0.1) is 26.8 Å². The number of nitriles is 1. The largest absolute Gasteiger partial charge is 0.493 e. The predicted octanol–water partition coefficient (Wildman–Crippen LogP) is 0.206. The van der Waals surface area contributed by atoms with E-state index in [1.165, 1.54) is 0 Å². The topological polar surface area (TPSA) is 173 Å². The van der Waals surface area contributed by atoms with E-state index in [0.29, 0.717) is 44.2 Å². The van der Waals surface area contributed by atoms with Crippen LogP contribution in [0, 0.1) is 11.3 Å². The summed E-state index contributed by atoms with van der Waals surface area (Å²) in [7, 11) is 3.13. The minimum absolute atomic E-state index is 0.0613. The molecule has 0 spiro atoms. The molecule has 0 aromatic heterocycles. The van der Waals surface area contributed by atoms with Crippen molar-refractivity contribution in [2.24, 2.45) is 0 Å². The highest BCUT2D eigenvalue weighted by Crippen LogP contribution is 2.32. The maximum atomic E-state index is 12.7. The number of nitrogens with zero attached hydrogens (tertiary/aromatic N) is 4. The van der Waals surface area contributed by atoms with Crippen molar-refractivity contribution < 1.29 is 38.9 Å². The highest BCUT2D eigenvalue weighted by atomic mass is 16.5. The monoisotopic (exact) mass is 491 g/mol. The molecule has 2 fully saturated rings. The number of aliphatic carboxylic acids is 2. The molecule has 3 N–H and O–H groups in total. The maximum absolute atomic E-state index is 12.7. The second-order valence-electron chi connectivity index (χ2n) is 7.62. The average molecular weight is 492 g/mol. The van der Waals surface area contributed by atoms with E-state index in [0.717, 1.165) is 18.5 Å². The Morgan fingerprint density at radius 2 is 1.80 bits per heavy atom. The van der Waals surface area contributed by atoms with Crippen molar-refractivity contribution >= 4 is 29.6 Å². The number of anilines is 1. The van der Waals surface area contributed by atoms with Gasteiger partial charge in [-0.1, -0.05) is 0 Å². The Bertz CT molecular complexity index is 967. The molecule has 0 saturated carbocycles. The van der Waals surface area contributed by atoms with Crippen LogP contribution < -0.4 is 19.7 Å². The Kier molecular flexibility index (Phi) is 10.1. The van der Waals surface area contributed by atoms with Gasteiger partial charge in [0, 0.05) is 44.5 Å². The molecule has 0 radical (unpaired) electrons. The van der Waals surface area contributed by atoms with Crippen LogP contribution in [0.4, 0.5) is 10.5 Å². The molecule has 3 amide bonds. The number of benzene rings is 1. The van der Waals surface area contributed by atoms with E-state index in [1.54, 1.807) is 41.1 Å². The molecule has 13 nitrogen and oxygen atoms in total. The zero-order chi connectivity index (χ0) is 26.0. The fourth-order valence-electron chi connectivity index (χ4n) is 3.73. The number of carboxylic acid groups (broad SMARTS) is 2. The molecule has 1 atom stereocenters. The lowest BCUT2D eigenvalue weighted by atomic mass is 10.2. The van der Waals surface area contributed by atoms with Crippen LogP contribution in [0.3, 0.4) is 0 Å². The van der Waals surface area contributed by atoms with Crippen LogP contribution in [0.5, 0.6) is 11.5 Å². The first-order chi connectivity index (χ1) is 16.7. The molecule has 1 aromatic carbocycles. The highest BCUT2D eigenvalue weighted by molar-refractivity contribution is 6.27. The summed E-state index contributed by atoms with van der Waals surface area (Å²) in [6, 6.07) is 7.20. The van der Waals surface area contributed by atoms with Gasteiger partial charge in [-0.2, -0.15) is 5.26 Å². The van der Waals surface area contributed by atoms with Gasteiger partial charge < -0.3 is 34.8 Å². The Hall–Kier alpha value is -4.05. The maximum Gasteiger partial charge on any atom is 0.414 e. The van der Waals surface area contributed by atoms with Gasteiger partial charge >= 0.3 is 18.0 Å². The van der Waals surface area contributed by atoms with Gasteiger partial charge in [-0.15, -0.1) is 0 Å². The number of likely N-dealkylation sites (tertiary alicyclic amines) is 1. The Balaban J connectivity index is 0.000000641. The number of hydrogen-bond acceptors (Lipinski definition) is 8. The first kappa shape index (κ1) is 27.2. The summed E-state index contributed by atoms with van der Waals surface area (Å²) in [6.07, 6.45) is 1.62. The smallest absolute Gasteiger partial charge is 0.414 e. The van der Waals surface area contributed by atoms with Crippen LogP contribution in [0.15, 0.2) is 18.2 Å². The molecular formula is C22H29N5O8. The van der Waals surface area contributed by atoms with Crippen LogP contribution in [-0.4, -0.2) is 103 Å². The van der Waals surface area contributed by atoms with Crippen molar-refractivity contribution in [3.63, 3.8) is 0 Å². The number of carbonyl (C=O) groups excluding carboxylic acids is 2. The standard InChI is InChI=1S/C20H27N5O4.C2H2O4/c1-28-17-6-5-15(12-18(17)29-2)25-11-10-23(20(25)27)9-7-22-14-19(26)24-8-3-4-16(24)13-21;3-1(4)2(5)6/h5-6,12,16,22H,3-4,7-11,14H2,1-2H3;(H,3,4)(H,5,6). The molecule has 2 saturated heterocycles. The third-order valence-corrected chi connectivity index (χ3v) is 5.51. The molecule has 2 heterocycles. The van der Waals surface area contributed by atoms with Crippen LogP contribution >= 0.6 is 0 Å². The van der Waals surface area contributed by atoms with Crippen molar-refractivity contribution in [3.8, 4) is 17.6 Å². The van der Waals surface area contributed by atoms with Crippen LogP contribution in [0.25, 0.3) is 0 Å². The normalized spacial score (nSPS) is 16.9. The fraction of sp³-hybridized carbons (Fsp3) is 0.500. The quantitative estimate of drug-likeness (QED) is 0.337. The lowest BCUT2D eigenvalue weighted by molar-refractivity contribution is -0.159. The summed E-state index contributed by atoms with van der Waals surface area (Å²) < 4.78 is 10.6. The van der Waals surface area contributed by atoms with Gasteiger partial charge in [0.2, 0.25) is 5.91 Å². The summed E-state index contributed by atoms with van der Waals surface area (Å²) in [4.78, 5) is 48.2. The first-order valence-corrected chi connectivity index (χ1v) is 10.9. The van der Waals surface area contributed by atoms with E-state index < -0.39 is 11.9 Å². The fourth-order valence-corrected chi connectivity index (χ4v) is 3.73. The van der Waals surface area contributed by atoms with E-state index in [4.69, 9.17) is 34.5 Å². The molecule has 0 aliphatic carbocycles. The number of nitrogens with one attached hydrogen (secondary N) is 1. The summed E-state index contributed by atoms with van der Waals surface area (Å²) in [6.45, 7) is 3.06. The van der Waals surface area contributed by atoms with Gasteiger partial charge in [-0.3, -0.25) is 9.69 Å². The predicted molar refractivity (Wildman–Crippen MR) is 122 cm³/mol. The first-order valence-electron chi connectivity index (χ1n) is 10.9. The number of methoxy groups -OCH3 is 2. The molecule has 1 aromatic rings. The van der Waals surface area contributed by atoms with Crippen LogP contribution in [-0.2, 0) is 14.4 Å². The SMILES string of the molecule is COc1ccc(N2CCN(CCNCC(=O)N3CCCC3C#N)C2=O)cc1OC.O=C(O)C(=O)O. The van der Waals surface area contributed by atoms with E-state index >= 15 is 0 Å². The average Bonchev–Trinajstić information content (AvgIpc) is 3.48. The van der Waals surface area contributed by atoms with Crippen molar-refractivity contribution in [1.29, 1.82) is 5.26 Å². The van der Waals surface area contributed by atoms with Gasteiger partial charge in [-0.05, 0) is 25.0 Å². The minimum atomic E-state index is -1.82. The van der Waals surface area contributed by atoms with Crippen LogP contribution in [0.2, 0.25) is 0 Å². The Morgan fingerprint density at radius 3 is 2.40 bits per heavy atom. The van der Waals surface area contributed by atoms with Gasteiger partial charge in [0.1, 0.15) is 6.04 Å². The number of amides is 3. The Morgan fingerprint density at radius 1 is 1.11 bits per heavy atom. The van der Waals surface area contributed by atoms with Gasteiger partial charge in [0.25, 0.3) is 0 Å². The molecule has 3 rings (SSSR count). The third kappa shape index (κ3) is 7.21. The van der Waals surface area contributed by atoms with Crippen LogP contribution in [0.1, 0.15) is 12.8 Å². The molecule has 13 heteroatoms. The zero-order valence-electron chi connectivity index (χ0n) is 19.6. The van der Waals surface area contributed by atoms with Crippen molar-refractivity contribution in [1.82, 2.24) is 15.1 Å². The van der Waals surface area contributed by atoms with Crippen molar-refractivity contribution in [3.05, 3.63) is 18.2 Å². The molecule has 0 bridgehead atoms. The molecule has 2 aliphatic rings. The minimum Gasteiger partial charge on any atom is -0.493 e. The number of ether oxygens (including phenoxy) is 2. The van der Waals surface area contributed by atoms with Gasteiger partial charge in [-0.25, -0.2) is 14.4 Å². The summed E-state index contributed by atoms with van der Waals surface area (Å²) in [5.74, 6) is -2.52. The molecule has 2 aliphatic heterocycles. The third-order valence-electron chi connectivity index (χ3n) is 5.51. The van der Waals surface area contributed by atoms with Crippen molar-refractivity contribution in [2.45, 2.75) is 18.9 Å². The number of rotatable bonds is 8. The zero-order valence-corrected chi connectivity index (χ0v) is 19.6. The van der Waals surface area contributed by atoms with E-state index in [-0.39, 0.29) is 24.5 Å². The lowest BCUT2D eigenvalue weighted by Gasteiger charge is -2.21. The molecule has 35 heavy (non-hydrogen) atoms. The Labute approximate surface area is 202 Å². The molecule has 1 unspecified atom stereocenters. The van der Waals surface area contributed by atoms with Crippen molar-refractivity contribution in [2.75, 3.05) is 58.4 Å². The molecular weight excluding hydrogens is 462 g/mol. The number of carboxylic acids is 2. The van der Waals surface area contributed by atoms with Gasteiger partial charge in [0.15, 0.2) is 11.5 Å². The molecule has 190 valence electrons. The highest BCUT2D eigenvalue weighted by Gasteiger charge is 2.30. The van der Waals surface area contributed by atoms with E-state index in [9.17, 15) is 9.59 Å².